The molecule has 2 fully saturated rings. The Morgan fingerprint density at radius 3 is 2.58 bits per heavy atom. The van der Waals surface area contributed by atoms with Crippen LogP contribution >= 0.6 is 12.4 Å². The normalized spacial score (nSPS) is 19.2. The fourth-order valence-electron chi connectivity index (χ4n) is 4.30. The molecule has 4 rings (SSSR count). The van der Waals surface area contributed by atoms with Crippen LogP contribution in [0.5, 0.6) is 0 Å². The van der Waals surface area contributed by atoms with E-state index in [1.165, 1.54) is 6.07 Å². The zero-order valence-corrected chi connectivity index (χ0v) is 18.2. The van der Waals surface area contributed by atoms with E-state index in [-0.39, 0.29) is 35.8 Å². The monoisotopic (exact) mass is 452 g/mol. The van der Waals surface area contributed by atoms with Crippen molar-refractivity contribution in [3.8, 4) is 0 Å². The third kappa shape index (κ3) is 4.12. The molecule has 1 saturated carbocycles. The Balaban J connectivity index is 0.00000272. The Labute approximate surface area is 184 Å². The largest absolute Gasteiger partial charge is 0.477 e. The molecule has 2 aromatic heterocycles. The third-order valence-electron chi connectivity index (χ3n) is 5.95. The number of aromatic nitrogens is 1. The summed E-state index contributed by atoms with van der Waals surface area (Å²) >= 11 is 0. The van der Waals surface area contributed by atoms with E-state index in [1.807, 2.05) is 4.90 Å². The fourth-order valence-corrected chi connectivity index (χ4v) is 4.30. The van der Waals surface area contributed by atoms with Crippen LogP contribution in [0, 0.1) is 12.7 Å². The summed E-state index contributed by atoms with van der Waals surface area (Å²) in [6.07, 6.45) is 3.57. The van der Waals surface area contributed by atoms with Crippen molar-refractivity contribution in [2.75, 3.05) is 18.0 Å². The highest BCUT2D eigenvalue weighted by Crippen LogP contribution is 2.44. The molecule has 0 bridgehead atoms. The number of pyridine rings is 2. The number of carbonyl (C=O) groups is 2. The van der Waals surface area contributed by atoms with E-state index in [2.05, 4.69) is 5.32 Å². The summed E-state index contributed by atoms with van der Waals surface area (Å²) in [6, 6.07) is 0.690. The number of nitrogens with two attached hydrogens (primary N) is 1. The quantitative estimate of drug-likeness (QED) is 0.636. The number of anilines is 1. The first-order valence-corrected chi connectivity index (χ1v) is 10.1. The summed E-state index contributed by atoms with van der Waals surface area (Å²) in [7, 11) is 0. The summed E-state index contributed by atoms with van der Waals surface area (Å²) < 4.78 is 16.3. The number of rotatable bonds is 5. The number of carbonyl (C=O) groups excluding carboxylic acids is 1. The summed E-state index contributed by atoms with van der Waals surface area (Å²) in [5.74, 6) is -1.98. The van der Waals surface area contributed by atoms with Crippen LogP contribution in [0.15, 0.2) is 17.1 Å². The standard InChI is InChI=1S/C21H25FN4O4.ClH/c1-10-17-14(12-3-4-12)7-15(21(29)30)20(28)26(17)9-16(22)18(10)25-6-5-13(8-25)24-19(27)11(2)23;/h7,9,11-13H,3-6,8,23H2,1-2H3,(H,24,27)(H,29,30);1H/t11-,13?;/m0./s1. The molecule has 1 amide bonds. The zero-order chi connectivity index (χ0) is 21.7. The van der Waals surface area contributed by atoms with E-state index in [0.29, 0.717) is 36.3 Å². The summed E-state index contributed by atoms with van der Waals surface area (Å²) in [5.41, 5.74) is 6.86. The highest BCUT2D eigenvalue weighted by Gasteiger charge is 2.32. The van der Waals surface area contributed by atoms with Gasteiger partial charge in [0, 0.05) is 19.1 Å². The number of nitrogens with zero attached hydrogens (tertiary/aromatic N) is 2. The van der Waals surface area contributed by atoms with Gasteiger partial charge in [0.2, 0.25) is 5.91 Å². The number of hydrogen-bond donors (Lipinski definition) is 3. The van der Waals surface area contributed by atoms with Gasteiger partial charge in [-0.3, -0.25) is 14.0 Å². The predicted octanol–water partition coefficient (Wildman–Crippen LogP) is 1.79. The topological polar surface area (TPSA) is 117 Å². The Hall–Kier alpha value is -2.65. The Kier molecular flexibility index (Phi) is 6.29. The van der Waals surface area contributed by atoms with Gasteiger partial charge in [0.25, 0.3) is 5.56 Å². The minimum Gasteiger partial charge on any atom is -0.477 e. The molecule has 1 unspecified atom stereocenters. The van der Waals surface area contributed by atoms with E-state index in [9.17, 15) is 19.5 Å². The van der Waals surface area contributed by atoms with Crippen molar-refractivity contribution in [1.82, 2.24) is 9.72 Å². The first kappa shape index (κ1) is 23.0. The molecular formula is C21H26ClFN4O4. The second-order valence-corrected chi connectivity index (χ2v) is 8.30. The second-order valence-electron chi connectivity index (χ2n) is 8.30. The van der Waals surface area contributed by atoms with Crippen LogP contribution < -0.4 is 21.5 Å². The molecule has 4 N–H and O–H groups in total. The number of nitrogens with one attached hydrogen (secondary N) is 1. The van der Waals surface area contributed by atoms with Gasteiger partial charge in [0.1, 0.15) is 5.56 Å². The lowest BCUT2D eigenvalue weighted by atomic mass is 10.0. The van der Waals surface area contributed by atoms with Crippen molar-refractivity contribution >= 4 is 35.5 Å². The van der Waals surface area contributed by atoms with Gasteiger partial charge in [-0.1, -0.05) is 0 Å². The van der Waals surface area contributed by atoms with Gasteiger partial charge in [-0.05, 0) is 56.2 Å². The maximum atomic E-state index is 15.2. The predicted molar refractivity (Wildman–Crippen MR) is 117 cm³/mol. The molecule has 0 radical (unpaired) electrons. The minimum absolute atomic E-state index is 0. The molecule has 0 spiro atoms. The average Bonchev–Trinajstić information content (AvgIpc) is 3.42. The Morgan fingerprint density at radius 1 is 1.32 bits per heavy atom. The first-order chi connectivity index (χ1) is 14.2. The van der Waals surface area contributed by atoms with Crippen LogP contribution in [0.4, 0.5) is 10.1 Å². The minimum atomic E-state index is -1.31. The van der Waals surface area contributed by atoms with Gasteiger partial charge in [0.05, 0.1) is 23.4 Å². The number of carboxylic acid groups (broad SMARTS) is 1. The lowest BCUT2D eigenvalue weighted by Crippen LogP contribution is -2.45. The molecule has 10 heteroatoms. The Bertz CT molecular complexity index is 1110. The molecule has 1 aliphatic carbocycles. The van der Waals surface area contributed by atoms with Crippen molar-refractivity contribution in [1.29, 1.82) is 0 Å². The Morgan fingerprint density at radius 2 is 2.00 bits per heavy atom. The molecular weight excluding hydrogens is 427 g/mol. The number of aryl methyl sites for hydroxylation is 1. The number of fused-ring (bicyclic) bond motifs is 1. The van der Waals surface area contributed by atoms with Crippen molar-refractivity contribution < 1.29 is 19.1 Å². The van der Waals surface area contributed by atoms with Gasteiger partial charge in [0.15, 0.2) is 5.82 Å². The van der Waals surface area contributed by atoms with E-state index in [1.54, 1.807) is 13.8 Å². The SMILES string of the molecule is Cc1c(N2CCC(NC(=O)[C@H](C)N)C2)c(F)cn2c(=O)c(C(=O)O)cc(C3CC3)c12.Cl. The molecule has 2 aromatic rings. The maximum absolute atomic E-state index is 15.2. The molecule has 2 atom stereocenters. The third-order valence-corrected chi connectivity index (χ3v) is 5.95. The van der Waals surface area contributed by atoms with E-state index < -0.39 is 23.4 Å². The molecule has 2 aliphatic rings. The first-order valence-electron chi connectivity index (χ1n) is 10.1. The number of carboxylic acids is 1. The molecule has 1 aliphatic heterocycles. The summed E-state index contributed by atoms with van der Waals surface area (Å²) in [5, 5.41) is 12.3. The van der Waals surface area contributed by atoms with Crippen LogP contribution in [0.25, 0.3) is 5.52 Å². The van der Waals surface area contributed by atoms with Crippen LogP contribution in [-0.2, 0) is 4.79 Å². The van der Waals surface area contributed by atoms with Crippen LogP contribution in [-0.4, -0.2) is 46.6 Å². The molecule has 0 aromatic carbocycles. The summed E-state index contributed by atoms with van der Waals surface area (Å²) in [6.45, 7) is 4.35. The zero-order valence-electron chi connectivity index (χ0n) is 17.4. The smallest absolute Gasteiger partial charge is 0.341 e. The van der Waals surface area contributed by atoms with Gasteiger partial charge < -0.3 is 21.1 Å². The van der Waals surface area contributed by atoms with Crippen molar-refractivity contribution in [3.05, 3.63) is 45.1 Å². The van der Waals surface area contributed by atoms with E-state index >= 15 is 4.39 Å². The number of aromatic carboxylic acids is 1. The van der Waals surface area contributed by atoms with Gasteiger partial charge in [-0.25, -0.2) is 9.18 Å². The highest BCUT2D eigenvalue weighted by molar-refractivity contribution is 5.89. The maximum Gasteiger partial charge on any atom is 0.341 e. The van der Waals surface area contributed by atoms with Gasteiger partial charge in [-0.15, -0.1) is 12.4 Å². The summed E-state index contributed by atoms with van der Waals surface area (Å²) in [4.78, 5) is 38.0. The molecule has 168 valence electrons. The number of hydrogen-bond acceptors (Lipinski definition) is 5. The number of halogens is 2. The van der Waals surface area contributed by atoms with Crippen molar-refractivity contribution in [2.45, 2.75) is 51.1 Å². The molecule has 8 nitrogen and oxygen atoms in total. The van der Waals surface area contributed by atoms with Crippen LogP contribution in [0.2, 0.25) is 0 Å². The number of amides is 1. The van der Waals surface area contributed by atoms with Crippen molar-refractivity contribution in [2.24, 2.45) is 5.73 Å². The molecule has 31 heavy (non-hydrogen) atoms. The fraction of sp³-hybridized carbons (Fsp3) is 0.476. The van der Waals surface area contributed by atoms with Gasteiger partial charge >= 0.3 is 5.97 Å². The van der Waals surface area contributed by atoms with E-state index in [4.69, 9.17) is 5.73 Å². The van der Waals surface area contributed by atoms with E-state index in [0.717, 1.165) is 29.0 Å². The molecule has 1 saturated heterocycles. The van der Waals surface area contributed by atoms with Crippen LogP contribution in [0.1, 0.15) is 53.6 Å². The highest BCUT2D eigenvalue weighted by atomic mass is 35.5. The molecule has 3 heterocycles. The lowest BCUT2D eigenvalue weighted by molar-refractivity contribution is -0.122. The average molecular weight is 453 g/mol. The van der Waals surface area contributed by atoms with Crippen molar-refractivity contribution in [3.63, 3.8) is 0 Å². The lowest BCUT2D eigenvalue weighted by Gasteiger charge is -2.24. The van der Waals surface area contributed by atoms with Crippen LogP contribution in [0.3, 0.4) is 0 Å². The second kappa shape index (κ2) is 8.47. The van der Waals surface area contributed by atoms with Gasteiger partial charge in [-0.2, -0.15) is 0 Å².